The highest BCUT2D eigenvalue weighted by Crippen LogP contribution is 2.29. The molecule has 2 aromatic heterocycles. The summed E-state index contributed by atoms with van der Waals surface area (Å²) in [5.41, 5.74) is 0.0527. The number of rotatable bonds is 3. The normalized spacial score (nSPS) is 24.1. The molecule has 1 aliphatic carbocycles. The number of carbonyl (C=O) groups excluding carboxylic acids is 1. The quantitative estimate of drug-likeness (QED) is 0.842. The minimum Gasteiger partial charge on any atom is -0.355 e. The SMILES string of the molecule is C[C@H]1CCCC[C@H]1NC(=O)C1CCN(c2ccc3nnc(C(F)(F)F)n3n2)CC1. The topological polar surface area (TPSA) is 75.4 Å². The smallest absolute Gasteiger partial charge is 0.355 e. The van der Waals surface area contributed by atoms with Crippen LogP contribution in [0, 0.1) is 11.8 Å². The Morgan fingerprint density at radius 2 is 1.83 bits per heavy atom. The summed E-state index contributed by atoms with van der Waals surface area (Å²) in [5, 5.41) is 14.0. The van der Waals surface area contributed by atoms with E-state index in [0.29, 0.717) is 37.7 Å². The summed E-state index contributed by atoms with van der Waals surface area (Å²) in [6.45, 7) is 3.33. The predicted molar refractivity (Wildman–Crippen MR) is 100 cm³/mol. The van der Waals surface area contributed by atoms with Crippen molar-refractivity contribution in [2.24, 2.45) is 11.8 Å². The molecule has 29 heavy (non-hydrogen) atoms. The first kappa shape index (κ1) is 19.9. The monoisotopic (exact) mass is 410 g/mol. The van der Waals surface area contributed by atoms with Crippen LogP contribution in [-0.4, -0.2) is 44.8 Å². The van der Waals surface area contributed by atoms with Gasteiger partial charge in [0.05, 0.1) is 0 Å². The lowest BCUT2D eigenvalue weighted by Crippen LogP contribution is -2.46. The minimum absolute atomic E-state index is 0.0527. The standard InChI is InChI=1S/C19H25F3N6O/c1-12-4-2-3-5-14(12)23-17(29)13-8-10-27(11-9-13)16-7-6-15-24-25-18(19(20,21)22)28(15)26-16/h6-7,12-14H,2-5,8-11H2,1H3,(H,23,29)/t12-,14+/m0/s1. The van der Waals surface area contributed by atoms with Crippen LogP contribution in [-0.2, 0) is 11.0 Å². The van der Waals surface area contributed by atoms with Crippen LogP contribution < -0.4 is 10.2 Å². The van der Waals surface area contributed by atoms with Gasteiger partial charge in [-0.2, -0.15) is 17.7 Å². The average Bonchev–Trinajstić information content (AvgIpc) is 3.13. The van der Waals surface area contributed by atoms with Crippen molar-refractivity contribution in [2.45, 2.75) is 57.7 Å². The maximum Gasteiger partial charge on any atom is 0.453 e. The number of piperidine rings is 1. The Bertz CT molecular complexity index is 874. The van der Waals surface area contributed by atoms with Gasteiger partial charge in [0.2, 0.25) is 5.91 Å². The Labute approximate surface area is 166 Å². The summed E-state index contributed by atoms with van der Waals surface area (Å²) in [6.07, 6.45) is 1.27. The van der Waals surface area contributed by atoms with Crippen molar-refractivity contribution in [3.63, 3.8) is 0 Å². The lowest BCUT2D eigenvalue weighted by molar-refractivity contribution is -0.146. The van der Waals surface area contributed by atoms with Gasteiger partial charge in [0.1, 0.15) is 5.82 Å². The van der Waals surface area contributed by atoms with Crippen LogP contribution >= 0.6 is 0 Å². The summed E-state index contributed by atoms with van der Waals surface area (Å²) < 4.78 is 39.9. The second-order valence-corrected chi connectivity index (χ2v) is 8.12. The highest BCUT2D eigenvalue weighted by Gasteiger charge is 2.38. The third kappa shape index (κ3) is 4.16. The molecular formula is C19H25F3N6O. The summed E-state index contributed by atoms with van der Waals surface area (Å²) in [7, 11) is 0. The Morgan fingerprint density at radius 1 is 1.10 bits per heavy atom. The number of hydrogen-bond acceptors (Lipinski definition) is 5. The van der Waals surface area contributed by atoms with Crippen molar-refractivity contribution < 1.29 is 18.0 Å². The molecule has 2 aromatic rings. The summed E-state index contributed by atoms with van der Waals surface area (Å²) in [6, 6.07) is 3.38. The summed E-state index contributed by atoms with van der Waals surface area (Å²) in [4.78, 5) is 14.6. The second kappa shape index (κ2) is 7.79. The van der Waals surface area contributed by atoms with Crippen LogP contribution in [0.3, 0.4) is 0 Å². The van der Waals surface area contributed by atoms with Crippen LogP contribution in [0.5, 0.6) is 0 Å². The highest BCUT2D eigenvalue weighted by molar-refractivity contribution is 5.79. The number of halogens is 3. The van der Waals surface area contributed by atoms with Gasteiger partial charge in [-0.3, -0.25) is 4.79 Å². The van der Waals surface area contributed by atoms with Crippen LogP contribution in [0.4, 0.5) is 19.0 Å². The van der Waals surface area contributed by atoms with E-state index >= 15 is 0 Å². The van der Waals surface area contributed by atoms with Crippen LogP contribution in [0.15, 0.2) is 12.1 Å². The molecule has 1 N–H and O–H groups in total. The number of nitrogens with zero attached hydrogens (tertiary/aromatic N) is 5. The molecule has 0 spiro atoms. The van der Waals surface area contributed by atoms with E-state index in [1.165, 1.54) is 12.5 Å². The van der Waals surface area contributed by atoms with Gasteiger partial charge in [-0.15, -0.1) is 15.3 Å². The second-order valence-electron chi connectivity index (χ2n) is 8.12. The van der Waals surface area contributed by atoms with Gasteiger partial charge in [0.15, 0.2) is 5.65 Å². The Morgan fingerprint density at radius 3 is 2.52 bits per heavy atom. The molecule has 158 valence electrons. The zero-order valence-corrected chi connectivity index (χ0v) is 16.3. The number of anilines is 1. The third-order valence-electron chi connectivity index (χ3n) is 6.13. The Hall–Kier alpha value is -2.39. The van der Waals surface area contributed by atoms with Crippen molar-refractivity contribution >= 4 is 17.4 Å². The zero-order chi connectivity index (χ0) is 20.6. The van der Waals surface area contributed by atoms with E-state index in [4.69, 9.17) is 0 Å². The predicted octanol–water partition coefficient (Wildman–Crippen LogP) is 3.05. The van der Waals surface area contributed by atoms with E-state index in [1.807, 2.05) is 4.90 Å². The largest absolute Gasteiger partial charge is 0.453 e. The first-order chi connectivity index (χ1) is 13.8. The molecule has 0 unspecified atom stereocenters. The number of amides is 1. The van der Waals surface area contributed by atoms with Gasteiger partial charge in [-0.05, 0) is 43.7 Å². The molecule has 0 aromatic carbocycles. The fourth-order valence-corrected chi connectivity index (χ4v) is 4.33. The maximum atomic E-state index is 13.1. The first-order valence-corrected chi connectivity index (χ1v) is 10.2. The number of carbonyl (C=O) groups is 1. The maximum absolute atomic E-state index is 13.1. The zero-order valence-electron chi connectivity index (χ0n) is 16.3. The summed E-state index contributed by atoms with van der Waals surface area (Å²) >= 11 is 0. The molecule has 0 radical (unpaired) electrons. The molecule has 4 rings (SSSR count). The van der Waals surface area contributed by atoms with E-state index in [0.717, 1.165) is 23.8 Å². The molecule has 2 atom stereocenters. The molecule has 10 heteroatoms. The van der Waals surface area contributed by atoms with Gasteiger partial charge in [-0.25, -0.2) is 0 Å². The molecular weight excluding hydrogens is 385 g/mol. The van der Waals surface area contributed by atoms with E-state index in [9.17, 15) is 18.0 Å². The van der Waals surface area contributed by atoms with Gasteiger partial charge in [-0.1, -0.05) is 19.8 Å². The van der Waals surface area contributed by atoms with Crippen LogP contribution in [0.2, 0.25) is 0 Å². The van der Waals surface area contributed by atoms with Crippen molar-refractivity contribution in [3.05, 3.63) is 18.0 Å². The van der Waals surface area contributed by atoms with Crippen molar-refractivity contribution in [2.75, 3.05) is 18.0 Å². The van der Waals surface area contributed by atoms with Crippen molar-refractivity contribution in [1.82, 2.24) is 25.1 Å². The van der Waals surface area contributed by atoms with Gasteiger partial charge >= 0.3 is 6.18 Å². The highest BCUT2D eigenvalue weighted by atomic mass is 19.4. The van der Waals surface area contributed by atoms with Crippen molar-refractivity contribution in [1.29, 1.82) is 0 Å². The van der Waals surface area contributed by atoms with E-state index in [1.54, 1.807) is 6.07 Å². The van der Waals surface area contributed by atoms with E-state index in [2.05, 4.69) is 27.5 Å². The molecule has 3 heterocycles. The number of hydrogen-bond donors (Lipinski definition) is 1. The molecule has 1 amide bonds. The number of nitrogens with one attached hydrogen (secondary N) is 1. The van der Waals surface area contributed by atoms with Crippen LogP contribution in [0.25, 0.3) is 5.65 Å². The fourth-order valence-electron chi connectivity index (χ4n) is 4.33. The Kier molecular flexibility index (Phi) is 5.35. The number of fused-ring (bicyclic) bond motifs is 1. The first-order valence-electron chi connectivity index (χ1n) is 10.2. The Balaban J connectivity index is 1.40. The molecule has 1 saturated heterocycles. The lowest BCUT2D eigenvalue weighted by Gasteiger charge is -2.34. The lowest BCUT2D eigenvalue weighted by atomic mass is 9.85. The van der Waals surface area contributed by atoms with E-state index in [-0.39, 0.29) is 23.5 Å². The average molecular weight is 410 g/mol. The molecule has 1 saturated carbocycles. The molecule has 0 bridgehead atoms. The van der Waals surface area contributed by atoms with Gasteiger partial charge in [0, 0.05) is 25.0 Å². The number of aromatic nitrogens is 4. The minimum atomic E-state index is -4.62. The third-order valence-corrected chi connectivity index (χ3v) is 6.13. The van der Waals surface area contributed by atoms with E-state index < -0.39 is 12.0 Å². The van der Waals surface area contributed by atoms with Crippen molar-refractivity contribution in [3.8, 4) is 0 Å². The number of alkyl halides is 3. The van der Waals surface area contributed by atoms with Gasteiger partial charge in [0.25, 0.3) is 5.82 Å². The molecule has 1 aliphatic heterocycles. The molecule has 2 aliphatic rings. The molecule has 7 nitrogen and oxygen atoms in total. The fraction of sp³-hybridized carbons (Fsp3) is 0.684. The van der Waals surface area contributed by atoms with Gasteiger partial charge < -0.3 is 10.2 Å². The summed E-state index contributed by atoms with van der Waals surface area (Å²) in [5.74, 6) is -0.155. The molecule has 2 fully saturated rings. The van der Waals surface area contributed by atoms with Crippen LogP contribution in [0.1, 0.15) is 51.3 Å².